The molecule has 168 valence electrons. The molecule has 33 heavy (non-hydrogen) atoms. The van der Waals surface area contributed by atoms with Crippen LogP contribution in [0.5, 0.6) is 5.75 Å². The molecule has 0 atom stereocenters. The molecule has 1 aromatic heterocycles. The van der Waals surface area contributed by atoms with Crippen LogP contribution in [0, 0.1) is 0 Å². The second-order valence-electron chi connectivity index (χ2n) is 7.69. The molecule has 7 heteroatoms. The minimum atomic E-state index is -0.163. The van der Waals surface area contributed by atoms with Crippen molar-refractivity contribution in [2.24, 2.45) is 0 Å². The van der Waals surface area contributed by atoms with E-state index < -0.39 is 0 Å². The summed E-state index contributed by atoms with van der Waals surface area (Å²) in [5, 5.41) is 5.78. The zero-order valence-electron chi connectivity index (χ0n) is 18.6. The molecule has 0 saturated carbocycles. The molecule has 3 N–H and O–H groups in total. The second kappa shape index (κ2) is 9.99. The van der Waals surface area contributed by atoms with Gasteiger partial charge in [-0.2, -0.15) is 0 Å². The molecule has 0 saturated heterocycles. The van der Waals surface area contributed by atoms with E-state index >= 15 is 0 Å². The number of para-hydroxylation sites is 1. The van der Waals surface area contributed by atoms with Crippen LogP contribution in [0.25, 0.3) is 11.0 Å². The summed E-state index contributed by atoms with van der Waals surface area (Å²) in [6, 6.07) is 20.7. The van der Waals surface area contributed by atoms with Gasteiger partial charge >= 0.3 is 0 Å². The fourth-order valence-electron chi connectivity index (χ4n) is 3.56. The molecule has 0 unspecified atom stereocenters. The van der Waals surface area contributed by atoms with Crippen LogP contribution in [0.3, 0.4) is 0 Å². The van der Waals surface area contributed by atoms with E-state index in [0.29, 0.717) is 24.9 Å². The third-order valence-electron chi connectivity index (χ3n) is 5.36. The quantitative estimate of drug-likeness (QED) is 0.376. The fourth-order valence-corrected chi connectivity index (χ4v) is 3.56. The van der Waals surface area contributed by atoms with Crippen LogP contribution in [-0.4, -0.2) is 28.9 Å². The van der Waals surface area contributed by atoms with Gasteiger partial charge in [0.15, 0.2) is 0 Å². The monoisotopic (exact) mass is 442 g/mol. The number of benzene rings is 3. The number of ether oxygens (including phenoxy) is 1. The molecule has 0 bridgehead atoms. The molecule has 1 heterocycles. The van der Waals surface area contributed by atoms with Crippen LogP contribution < -0.4 is 15.4 Å². The van der Waals surface area contributed by atoms with Gasteiger partial charge in [0, 0.05) is 36.2 Å². The van der Waals surface area contributed by atoms with Crippen molar-refractivity contribution >= 4 is 28.5 Å². The Labute approximate surface area is 192 Å². The van der Waals surface area contributed by atoms with Gasteiger partial charge in [-0.25, -0.2) is 4.98 Å². The van der Waals surface area contributed by atoms with Gasteiger partial charge in [-0.15, -0.1) is 0 Å². The highest BCUT2D eigenvalue weighted by Gasteiger charge is 2.11. The van der Waals surface area contributed by atoms with Crippen LogP contribution in [0.15, 0.2) is 66.7 Å². The van der Waals surface area contributed by atoms with Crippen LogP contribution in [0.4, 0.5) is 5.69 Å². The number of aromatic amines is 1. The van der Waals surface area contributed by atoms with Crippen molar-refractivity contribution in [1.29, 1.82) is 0 Å². The number of imidazole rings is 1. The van der Waals surface area contributed by atoms with Crippen molar-refractivity contribution in [3.63, 3.8) is 0 Å². The van der Waals surface area contributed by atoms with Crippen molar-refractivity contribution in [3.05, 3.63) is 89.2 Å². The summed E-state index contributed by atoms with van der Waals surface area (Å²) in [7, 11) is 1.61. The number of carbonyl (C=O) groups is 2. The lowest BCUT2D eigenvalue weighted by Gasteiger charge is -2.09. The maximum atomic E-state index is 12.7. The van der Waals surface area contributed by atoms with Crippen molar-refractivity contribution in [2.45, 2.75) is 26.3 Å². The normalized spacial score (nSPS) is 10.7. The Hall–Kier alpha value is -4.13. The Bertz CT molecular complexity index is 1280. The summed E-state index contributed by atoms with van der Waals surface area (Å²) >= 11 is 0. The molecule has 0 spiro atoms. The van der Waals surface area contributed by atoms with E-state index in [1.54, 1.807) is 13.2 Å². The van der Waals surface area contributed by atoms with E-state index in [1.807, 2.05) is 67.6 Å². The van der Waals surface area contributed by atoms with Crippen molar-refractivity contribution < 1.29 is 14.3 Å². The minimum Gasteiger partial charge on any atom is -0.496 e. The van der Waals surface area contributed by atoms with Gasteiger partial charge < -0.3 is 20.4 Å². The molecule has 0 aliphatic rings. The van der Waals surface area contributed by atoms with Crippen molar-refractivity contribution in [1.82, 2.24) is 15.3 Å². The molecule has 0 aliphatic carbocycles. The van der Waals surface area contributed by atoms with Crippen LogP contribution in [-0.2, 0) is 17.8 Å². The van der Waals surface area contributed by atoms with Gasteiger partial charge in [0.2, 0.25) is 5.91 Å². The Kier molecular flexibility index (Phi) is 6.69. The Balaban J connectivity index is 1.42. The number of methoxy groups -OCH3 is 1. The summed E-state index contributed by atoms with van der Waals surface area (Å²) in [6.07, 6.45) is 1.06. The highest BCUT2D eigenvalue weighted by atomic mass is 16.5. The lowest BCUT2D eigenvalue weighted by molar-refractivity contribution is -0.115. The number of nitrogens with one attached hydrogen (secondary N) is 3. The second-order valence-corrected chi connectivity index (χ2v) is 7.69. The summed E-state index contributed by atoms with van der Waals surface area (Å²) in [4.78, 5) is 32.1. The fraction of sp³-hybridized carbons (Fsp3) is 0.192. The van der Waals surface area contributed by atoms with Gasteiger partial charge in [0.25, 0.3) is 5.91 Å². The van der Waals surface area contributed by atoms with E-state index in [9.17, 15) is 9.59 Å². The summed E-state index contributed by atoms with van der Waals surface area (Å²) in [6.45, 7) is 2.20. The Morgan fingerprint density at radius 2 is 1.82 bits per heavy atom. The number of nitrogens with zero attached hydrogens (tertiary/aromatic N) is 1. The Morgan fingerprint density at radius 1 is 1.03 bits per heavy atom. The predicted octanol–water partition coefficient (Wildman–Crippen LogP) is 4.44. The number of anilines is 1. The molecule has 0 radical (unpaired) electrons. The molecular weight excluding hydrogens is 416 g/mol. The van der Waals surface area contributed by atoms with E-state index in [2.05, 4.69) is 20.6 Å². The molecular formula is C26H26N4O3. The number of carbonyl (C=O) groups excluding carboxylic acids is 2. The lowest BCUT2D eigenvalue weighted by Crippen LogP contribution is -2.23. The third-order valence-corrected chi connectivity index (χ3v) is 5.36. The van der Waals surface area contributed by atoms with E-state index in [0.717, 1.165) is 39.4 Å². The number of hydrogen-bond donors (Lipinski definition) is 3. The van der Waals surface area contributed by atoms with E-state index in [1.165, 1.54) is 0 Å². The van der Waals surface area contributed by atoms with Gasteiger partial charge in [0.1, 0.15) is 11.6 Å². The van der Waals surface area contributed by atoms with Gasteiger partial charge in [-0.05, 0) is 42.0 Å². The number of aromatic nitrogens is 2. The number of amides is 2. The van der Waals surface area contributed by atoms with Crippen LogP contribution in [0.2, 0.25) is 0 Å². The molecule has 7 nitrogen and oxygen atoms in total. The average molecular weight is 443 g/mol. The molecule has 3 aromatic carbocycles. The average Bonchev–Trinajstić information content (AvgIpc) is 3.25. The van der Waals surface area contributed by atoms with Gasteiger partial charge in [0.05, 0.1) is 18.1 Å². The molecule has 4 rings (SSSR count). The SMILES string of the molecule is CCC(=O)Nc1ccc(Cc2nc3ccc(C(=O)NCc4ccccc4OC)cc3[nH]2)cc1. The predicted molar refractivity (Wildman–Crippen MR) is 128 cm³/mol. The summed E-state index contributed by atoms with van der Waals surface area (Å²) in [5.74, 6) is 1.38. The van der Waals surface area contributed by atoms with Crippen molar-refractivity contribution in [2.75, 3.05) is 12.4 Å². The lowest BCUT2D eigenvalue weighted by atomic mass is 10.1. The first-order valence-electron chi connectivity index (χ1n) is 10.8. The van der Waals surface area contributed by atoms with Gasteiger partial charge in [-0.3, -0.25) is 9.59 Å². The molecule has 0 fully saturated rings. The smallest absolute Gasteiger partial charge is 0.251 e. The van der Waals surface area contributed by atoms with Crippen LogP contribution in [0.1, 0.15) is 40.7 Å². The number of fused-ring (bicyclic) bond motifs is 1. The number of H-pyrrole nitrogens is 1. The van der Waals surface area contributed by atoms with Crippen molar-refractivity contribution in [3.8, 4) is 5.75 Å². The maximum absolute atomic E-state index is 12.7. The maximum Gasteiger partial charge on any atom is 0.251 e. The first-order valence-corrected chi connectivity index (χ1v) is 10.8. The Morgan fingerprint density at radius 3 is 2.58 bits per heavy atom. The molecule has 0 aliphatic heterocycles. The zero-order chi connectivity index (χ0) is 23.2. The summed E-state index contributed by atoms with van der Waals surface area (Å²) < 4.78 is 5.34. The highest BCUT2D eigenvalue weighted by Crippen LogP contribution is 2.19. The van der Waals surface area contributed by atoms with Crippen LogP contribution >= 0.6 is 0 Å². The van der Waals surface area contributed by atoms with E-state index in [-0.39, 0.29) is 11.8 Å². The number of rotatable bonds is 8. The zero-order valence-corrected chi connectivity index (χ0v) is 18.6. The number of hydrogen-bond acceptors (Lipinski definition) is 4. The van der Waals surface area contributed by atoms with Gasteiger partial charge in [-0.1, -0.05) is 37.3 Å². The standard InChI is InChI=1S/C26H26N4O3/c1-3-25(31)28-20-11-8-17(9-12-20)14-24-29-21-13-10-18(15-22(21)30-24)26(32)27-16-19-6-4-5-7-23(19)33-2/h4-13,15H,3,14,16H2,1-2H3,(H,27,32)(H,28,31)(H,29,30). The minimum absolute atomic E-state index is 0.0113. The first-order chi connectivity index (χ1) is 16.1. The largest absolute Gasteiger partial charge is 0.496 e. The highest BCUT2D eigenvalue weighted by molar-refractivity contribution is 5.97. The molecule has 4 aromatic rings. The molecule has 2 amide bonds. The first kappa shape index (κ1) is 22.1. The van der Waals surface area contributed by atoms with E-state index in [4.69, 9.17) is 4.74 Å². The topological polar surface area (TPSA) is 96.1 Å². The third kappa shape index (κ3) is 5.38. The summed E-state index contributed by atoms with van der Waals surface area (Å²) in [5.41, 5.74) is 4.93.